The molecule has 1 amide bonds. The first-order valence-electron chi connectivity index (χ1n) is 9.07. The third kappa shape index (κ3) is 3.54. The van der Waals surface area contributed by atoms with E-state index in [9.17, 15) is 19.5 Å². The molecule has 0 atom stereocenters. The number of aromatic hydroxyl groups is 1. The van der Waals surface area contributed by atoms with E-state index in [-0.39, 0.29) is 35.6 Å². The molecule has 0 radical (unpaired) electrons. The van der Waals surface area contributed by atoms with Crippen LogP contribution in [0.25, 0.3) is 11.0 Å². The van der Waals surface area contributed by atoms with E-state index in [0.29, 0.717) is 28.5 Å². The van der Waals surface area contributed by atoms with Gasteiger partial charge in [-0.2, -0.15) is 0 Å². The van der Waals surface area contributed by atoms with Crippen LogP contribution in [-0.2, 0) is 11.2 Å². The van der Waals surface area contributed by atoms with Crippen LogP contribution in [0.2, 0.25) is 0 Å². The van der Waals surface area contributed by atoms with Gasteiger partial charge in [-0.15, -0.1) is 0 Å². The summed E-state index contributed by atoms with van der Waals surface area (Å²) in [6.45, 7) is 3.26. The molecule has 2 aromatic rings. The van der Waals surface area contributed by atoms with E-state index in [0.717, 1.165) is 32.4 Å². The highest BCUT2D eigenvalue weighted by Crippen LogP contribution is 2.36. The Morgan fingerprint density at radius 1 is 1.33 bits per heavy atom. The molecular weight excluding hydrogens is 350 g/mol. The molecule has 144 valence electrons. The summed E-state index contributed by atoms with van der Waals surface area (Å²) in [7, 11) is 1.43. The van der Waals surface area contributed by atoms with Gasteiger partial charge < -0.3 is 19.2 Å². The van der Waals surface area contributed by atoms with Crippen LogP contribution in [0.1, 0.15) is 47.2 Å². The topological polar surface area (TPSA) is 97.0 Å². The predicted octanol–water partition coefficient (Wildman–Crippen LogP) is 2.57. The number of benzene rings is 1. The second-order valence-electron chi connectivity index (χ2n) is 6.77. The lowest BCUT2D eigenvalue weighted by atomic mass is 9.99. The van der Waals surface area contributed by atoms with Crippen LogP contribution >= 0.6 is 0 Å². The molecule has 0 spiro atoms. The monoisotopic (exact) mass is 373 g/mol. The second kappa shape index (κ2) is 7.82. The molecule has 27 heavy (non-hydrogen) atoms. The van der Waals surface area contributed by atoms with E-state index in [2.05, 4.69) is 0 Å². The van der Waals surface area contributed by atoms with Gasteiger partial charge in [0.2, 0.25) is 5.91 Å². The number of hydrogen-bond acceptors (Lipinski definition) is 6. The summed E-state index contributed by atoms with van der Waals surface area (Å²) < 4.78 is 10.6. The molecule has 1 aliphatic heterocycles. The first-order valence-corrected chi connectivity index (χ1v) is 9.07. The number of fused-ring (bicyclic) bond motifs is 1. The lowest BCUT2D eigenvalue weighted by molar-refractivity contribution is -0.132. The maximum atomic E-state index is 12.5. The largest absolute Gasteiger partial charge is 0.507 e. The molecule has 7 heteroatoms. The summed E-state index contributed by atoms with van der Waals surface area (Å²) in [4.78, 5) is 38.1. The summed E-state index contributed by atoms with van der Waals surface area (Å²) in [6.07, 6.45) is 4.08. The Morgan fingerprint density at radius 3 is 2.67 bits per heavy atom. The van der Waals surface area contributed by atoms with Crippen molar-refractivity contribution in [2.45, 2.75) is 39.0 Å². The smallest absolute Gasteiger partial charge is 0.339 e. The Bertz CT molecular complexity index is 940. The summed E-state index contributed by atoms with van der Waals surface area (Å²) in [5.74, 6) is 0.0164. The van der Waals surface area contributed by atoms with Gasteiger partial charge in [-0.25, -0.2) is 4.79 Å². The van der Waals surface area contributed by atoms with E-state index < -0.39 is 5.63 Å². The van der Waals surface area contributed by atoms with Crippen molar-refractivity contribution in [1.82, 2.24) is 4.90 Å². The maximum absolute atomic E-state index is 12.5. The minimum Gasteiger partial charge on any atom is -0.507 e. The SMILES string of the molecule is COc1cc(O)c(C=O)c2oc(=O)c(CCC(=O)N3CCCCC3)c(C)c12. The molecule has 1 saturated heterocycles. The highest BCUT2D eigenvalue weighted by Gasteiger charge is 2.22. The van der Waals surface area contributed by atoms with Gasteiger partial charge in [-0.3, -0.25) is 9.59 Å². The molecule has 1 aromatic heterocycles. The first-order chi connectivity index (χ1) is 13.0. The third-order valence-electron chi connectivity index (χ3n) is 5.17. The van der Waals surface area contributed by atoms with Crippen molar-refractivity contribution < 1.29 is 23.8 Å². The fourth-order valence-corrected chi connectivity index (χ4v) is 3.65. The number of carbonyl (C=O) groups excluding carboxylic acids is 2. The number of aryl methyl sites for hydroxylation is 1. The number of phenols is 1. The molecule has 1 aromatic carbocycles. The lowest BCUT2D eigenvalue weighted by Crippen LogP contribution is -2.35. The Balaban J connectivity index is 1.99. The maximum Gasteiger partial charge on any atom is 0.339 e. The van der Waals surface area contributed by atoms with Crippen molar-refractivity contribution in [3.8, 4) is 11.5 Å². The normalized spacial score (nSPS) is 14.4. The Kier molecular flexibility index (Phi) is 5.48. The van der Waals surface area contributed by atoms with Crippen LogP contribution in [0.15, 0.2) is 15.3 Å². The number of likely N-dealkylation sites (tertiary alicyclic amines) is 1. The molecule has 1 N–H and O–H groups in total. The molecule has 7 nitrogen and oxygen atoms in total. The molecule has 1 fully saturated rings. The van der Waals surface area contributed by atoms with Gasteiger partial charge in [-0.05, 0) is 38.2 Å². The number of piperidine rings is 1. The molecule has 1 aliphatic rings. The van der Waals surface area contributed by atoms with E-state index in [1.54, 1.807) is 6.92 Å². The number of ether oxygens (including phenoxy) is 1. The van der Waals surface area contributed by atoms with Crippen LogP contribution in [0.4, 0.5) is 0 Å². The molecule has 0 bridgehead atoms. The summed E-state index contributed by atoms with van der Waals surface area (Å²) in [6, 6.07) is 1.32. The standard InChI is InChI=1S/C20H23NO6/c1-12-13(6-7-17(24)21-8-4-3-5-9-21)20(25)27-19-14(11-22)15(23)10-16(26-2)18(12)19/h10-11,23H,3-9H2,1-2H3. The van der Waals surface area contributed by atoms with Crippen molar-refractivity contribution in [1.29, 1.82) is 0 Å². The van der Waals surface area contributed by atoms with Gasteiger partial charge in [0.25, 0.3) is 0 Å². The van der Waals surface area contributed by atoms with Crippen molar-refractivity contribution in [2.24, 2.45) is 0 Å². The van der Waals surface area contributed by atoms with Crippen LogP contribution in [0.5, 0.6) is 11.5 Å². The van der Waals surface area contributed by atoms with Crippen molar-refractivity contribution in [3.05, 3.63) is 33.2 Å². The fraction of sp³-hybridized carbons (Fsp3) is 0.450. The number of phenolic OH excluding ortho intramolecular Hbond substituents is 1. The van der Waals surface area contributed by atoms with Gasteiger partial charge >= 0.3 is 5.63 Å². The van der Waals surface area contributed by atoms with Gasteiger partial charge in [0.15, 0.2) is 11.9 Å². The molecule has 2 heterocycles. The molecule has 3 rings (SSSR count). The average Bonchev–Trinajstić information content (AvgIpc) is 2.67. The summed E-state index contributed by atoms with van der Waals surface area (Å²) in [5.41, 5.74) is 0.265. The second-order valence-corrected chi connectivity index (χ2v) is 6.77. The van der Waals surface area contributed by atoms with E-state index in [1.807, 2.05) is 4.90 Å². The highest BCUT2D eigenvalue weighted by molar-refractivity contribution is 6.01. The van der Waals surface area contributed by atoms with Crippen molar-refractivity contribution >= 4 is 23.2 Å². The molecular formula is C20H23NO6. The van der Waals surface area contributed by atoms with Gasteiger partial charge in [0.1, 0.15) is 11.5 Å². The van der Waals surface area contributed by atoms with Crippen molar-refractivity contribution in [2.75, 3.05) is 20.2 Å². The zero-order valence-electron chi connectivity index (χ0n) is 15.5. The van der Waals surface area contributed by atoms with Crippen molar-refractivity contribution in [3.63, 3.8) is 0 Å². The summed E-state index contributed by atoms with van der Waals surface area (Å²) >= 11 is 0. The van der Waals surface area contributed by atoms with Crippen LogP contribution in [-0.4, -0.2) is 42.4 Å². The number of rotatable bonds is 5. The predicted molar refractivity (Wildman–Crippen MR) is 99.6 cm³/mol. The Hall–Kier alpha value is -2.83. The summed E-state index contributed by atoms with van der Waals surface area (Å²) in [5, 5.41) is 10.4. The fourth-order valence-electron chi connectivity index (χ4n) is 3.65. The highest BCUT2D eigenvalue weighted by atomic mass is 16.5. The quantitative estimate of drug-likeness (QED) is 0.639. The minimum absolute atomic E-state index is 0.00421. The zero-order chi connectivity index (χ0) is 19.6. The van der Waals surface area contributed by atoms with Crippen LogP contribution in [0, 0.1) is 6.92 Å². The number of methoxy groups -OCH3 is 1. The van der Waals surface area contributed by atoms with Gasteiger partial charge in [0.05, 0.1) is 18.1 Å². The number of hydrogen-bond donors (Lipinski definition) is 1. The Morgan fingerprint density at radius 2 is 2.04 bits per heavy atom. The average molecular weight is 373 g/mol. The first kappa shape index (κ1) is 18.9. The minimum atomic E-state index is -0.609. The Labute approximate surface area is 156 Å². The van der Waals surface area contributed by atoms with Gasteiger partial charge in [0, 0.05) is 31.1 Å². The number of aldehydes is 1. The number of nitrogens with zero attached hydrogens (tertiary/aromatic N) is 1. The third-order valence-corrected chi connectivity index (χ3v) is 5.17. The van der Waals surface area contributed by atoms with E-state index >= 15 is 0 Å². The number of carbonyl (C=O) groups is 2. The number of amides is 1. The van der Waals surface area contributed by atoms with Crippen LogP contribution < -0.4 is 10.4 Å². The molecule has 0 saturated carbocycles. The zero-order valence-corrected chi connectivity index (χ0v) is 15.5. The van der Waals surface area contributed by atoms with Crippen LogP contribution in [0.3, 0.4) is 0 Å². The van der Waals surface area contributed by atoms with E-state index in [4.69, 9.17) is 9.15 Å². The molecule has 0 unspecified atom stereocenters. The van der Waals surface area contributed by atoms with E-state index in [1.165, 1.54) is 13.2 Å². The molecule has 0 aliphatic carbocycles. The van der Waals surface area contributed by atoms with Gasteiger partial charge in [-0.1, -0.05) is 0 Å². The lowest BCUT2D eigenvalue weighted by Gasteiger charge is -2.26.